The van der Waals surface area contributed by atoms with Crippen LogP contribution in [-0.2, 0) is 4.79 Å². The van der Waals surface area contributed by atoms with Crippen molar-refractivity contribution in [1.29, 1.82) is 0 Å². The standard InChI is InChI=1S/C28H33ClFN5O3/c1-6-21(36)33-11-12-34-18(14-33)16-38-25-22(27(34)37)26(35-15-17(32(4)5)13-28(35,2)3)31-24(23(25)29)19-9-7-8-10-20(19)30/h6-10,17-18H,1,11-16H2,2-5H3/t17-,18+/m0/s1. The molecule has 3 aliphatic heterocycles. The SMILES string of the molecule is C=CC(=O)N1CCN2C(=O)c3c(N4C[C@@H](N(C)C)CC4(C)C)nc(-c4ccccc4F)c(Cl)c3OC[C@H]2C1. The van der Waals surface area contributed by atoms with Gasteiger partial charge in [-0.2, -0.15) is 0 Å². The molecule has 2 atom stereocenters. The van der Waals surface area contributed by atoms with Gasteiger partial charge in [-0.1, -0.05) is 30.3 Å². The molecule has 0 N–H and O–H groups in total. The lowest BCUT2D eigenvalue weighted by Gasteiger charge is -2.40. The molecule has 0 bridgehead atoms. The fraction of sp³-hybridized carbons (Fsp3) is 0.464. The number of benzene rings is 1. The normalized spacial score (nSPS) is 22.6. The Balaban J connectivity index is 1.67. The van der Waals surface area contributed by atoms with E-state index in [4.69, 9.17) is 21.3 Å². The summed E-state index contributed by atoms with van der Waals surface area (Å²) in [7, 11) is 4.07. The van der Waals surface area contributed by atoms with Crippen LogP contribution in [0.4, 0.5) is 10.2 Å². The largest absolute Gasteiger partial charge is 0.489 e. The van der Waals surface area contributed by atoms with E-state index in [1.807, 2.05) is 14.1 Å². The van der Waals surface area contributed by atoms with E-state index in [-0.39, 0.29) is 63.6 Å². The first kappa shape index (κ1) is 26.4. The molecule has 2 amide bonds. The molecule has 0 unspecified atom stereocenters. The minimum absolute atomic E-state index is 0.0993. The molecule has 10 heteroatoms. The third-order valence-electron chi connectivity index (χ3n) is 7.91. The van der Waals surface area contributed by atoms with Gasteiger partial charge in [-0.3, -0.25) is 9.59 Å². The molecule has 1 aromatic carbocycles. The summed E-state index contributed by atoms with van der Waals surface area (Å²) >= 11 is 6.87. The van der Waals surface area contributed by atoms with Gasteiger partial charge in [0.1, 0.15) is 28.8 Å². The molecule has 0 radical (unpaired) electrons. The van der Waals surface area contributed by atoms with E-state index in [0.717, 1.165) is 6.42 Å². The predicted molar refractivity (Wildman–Crippen MR) is 145 cm³/mol. The Morgan fingerprint density at radius 3 is 2.66 bits per heavy atom. The number of nitrogens with zero attached hydrogens (tertiary/aromatic N) is 5. The van der Waals surface area contributed by atoms with Gasteiger partial charge in [0.15, 0.2) is 5.75 Å². The van der Waals surface area contributed by atoms with E-state index in [1.165, 1.54) is 12.1 Å². The summed E-state index contributed by atoms with van der Waals surface area (Å²) in [4.78, 5) is 39.1. The maximum atomic E-state index is 15.0. The average Bonchev–Trinajstić information content (AvgIpc) is 3.14. The lowest BCUT2D eigenvalue weighted by atomic mass is 9.99. The number of rotatable bonds is 4. The minimum atomic E-state index is -0.462. The van der Waals surface area contributed by atoms with Crippen molar-refractivity contribution in [3.63, 3.8) is 0 Å². The number of halogens is 2. The molecule has 0 saturated carbocycles. The van der Waals surface area contributed by atoms with E-state index in [1.54, 1.807) is 28.0 Å². The number of hydrogen-bond acceptors (Lipinski definition) is 6. The van der Waals surface area contributed by atoms with Crippen molar-refractivity contribution in [3.05, 3.63) is 53.3 Å². The van der Waals surface area contributed by atoms with Crippen LogP contribution in [0.25, 0.3) is 11.3 Å². The van der Waals surface area contributed by atoms with Gasteiger partial charge in [0.2, 0.25) is 5.91 Å². The maximum absolute atomic E-state index is 15.0. The topological polar surface area (TPSA) is 69.2 Å². The van der Waals surface area contributed by atoms with Crippen molar-refractivity contribution in [2.45, 2.75) is 37.9 Å². The van der Waals surface area contributed by atoms with Crippen molar-refractivity contribution in [1.82, 2.24) is 19.7 Å². The molecule has 8 nitrogen and oxygen atoms in total. The number of pyridine rings is 1. The number of ether oxygens (including phenoxy) is 1. The van der Waals surface area contributed by atoms with Crippen LogP contribution in [0.5, 0.6) is 5.75 Å². The van der Waals surface area contributed by atoms with Crippen molar-refractivity contribution < 1.29 is 18.7 Å². The molecule has 2 saturated heterocycles. The van der Waals surface area contributed by atoms with Crippen LogP contribution in [0.15, 0.2) is 36.9 Å². The fourth-order valence-corrected chi connectivity index (χ4v) is 6.02. The zero-order chi connectivity index (χ0) is 27.4. The molecule has 2 aromatic rings. The lowest BCUT2D eigenvalue weighted by Crippen LogP contribution is -2.57. The second-order valence-electron chi connectivity index (χ2n) is 11.0. The summed E-state index contributed by atoms with van der Waals surface area (Å²) < 4.78 is 21.3. The number of aromatic nitrogens is 1. The van der Waals surface area contributed by atoms with Crippen LogP contribution in [0.2, 0.25) is 5.02 Å². The van der Waals surface area contributed by atoms with E-state index in [9.17, 15) is 14.0 Å². The summed E-state index contributed by atoms with van der Waals surface area (Å²) in [6.45, 7) is 9.66. The third kappa shape index (κ3) is 4.41. The van der Waals surface area contributed by atoms with Gasteiger partial charge in [0.25, 0.3) is 5.91 Å². The molecule has 1 aromatic heterocycles. The van der Waals surface area contributed by atoms with E-state index in [2.05, 4.69) is 30.2 Å². The molecule has 202 valence electrons. The zero-order valence-electron chi connectivity index (χ0n) is 22.2. The molecule has 5 rings (SSSR count). The van der Waals surface area contributed by atoms with Crippen LogP contribution in [0.1, 0.15) is 30.6 Å². The van der Waals surface area contributed by atoms with Crippen LogP contribution in [0.3, 0.4) is 0 Å². The number of piperazine rings is 1. The second kappa shape index (κ2) is 9.85. The molecule has 38 heavy (non-hydrogen) atoms. The summed E-state index contributed by atoms with van der Waals surface area (Å²) in [6.07, 6.45) is 2.13. The lowest BCUT2D eigenvalue weighted by molar-refractivity contribution is -0.128. The summed E-state index contributed by atoms with van der Waals surface area (Å²) in [5.74, 6) is -0.251. The number of carbonyl (C=O) groups is 2. The zero-order valence-corrected chi connectivity index (χ0v) is 23.0. The molecule has 0 aliphatic carbocycles. The number of amides is 2. The Hall–Kier alpha value is -3.17. The molecule has 4 heterocycles. The van der Waals surface area contributed by atoms with Gasteiger partial charge in [-0.05, 0) is 52.6 Å². The first-order chi connectivity index (χ1) is 18.0. The van der Waals surface area contributed by atoms with E-state index < -0.39 is 5.82 Å². The Morgan fingerprint density at radius 2 is 2.00 bits per heavy atom. The van der Waals surface area contributed by atoms with Gasteiger partial charge in [0.05, 0.1) is 11.7 Å². The molecule has 3 aliphatic rings. The Labute approximate surface area is 227 Å². The highest BCUT2D eigenvalue weighted by Gasteiger charge is 2.45. The van der Waals surface area contributed by atoms with Crippen molar-refractivity contribution >= 4 is 29.2 Å². The van der Waals surface area contributed by atoms with Crippen LogP contribution in [0, 0.1) is 5.82 Å². The number of anilines is 1. The van der Waals surface area contributed by atoms with E-state index in [0.29, 0.717) is 32.0 Å². The number of likely N-dealkylation sites (N-methyl/N-ethyl adjacent to an activating group) is 1. The summed E-state index contributed by atoms with van der Waals surface area (Å²) in [5, 5.41) is 0.0993. The predicted octanol–water partition coefficient (Wildman–Crippen LogP) is 3.69. The van der Waals surface area contributed by atoms with Crippen LogP contribution < -0.4 is 9.64 Å². The van der Waals surface area contributed by atoms with Gasteiger partial charge in [-0.25, -0.2) is 9.37 Å². The van der Waals surface area contributed by atoms with Crippen molar-refractivity contribution in [3.8, 4) is 17.0 Å². The maximum Gasteiger partial charge on any atom is 0.261 e. The Kier molecular flexibility index (Phi) is 6.86. The van der Waals surface area contributed by atoms with Crippen molar-refractivity contribution in [2.24, 2.45) is 0 Å². The number of fused-ring (bicyclic) bond motifs is 2. The highest BCUT2D eigenvalue weighted by molar-refractivity contribution is 6.35. The smallest absolute Gasteiger partial charge is 0.261 e. The van der Waals surface area contributed by atoms with Gasteiger partial charge in [-0.15, -0.1) is 0 Å². The molecule has 2 fully saturated rings. The van der Waals surface area contributed by atoms with Crippen molar-refractivity contribution in [2.75, 3.05) is 51.8 Å². The fourth-order valence-electron chi connectivity index (χ4n) is 5.73. The van der Waals surface area contributed by atoms with Gasteiger partial charge >= 0.3 is 0 Å². The molecule has 0 spiro atoms. The second-order valence-corrected chi connectivity index (χ2v) is 11.4. The Bertz CT molecular complexity index is 1300. The van der Waals surface area contributed by atoms with Crippen LogP contribution in [-0.4, -0.2) is 96.0 Å². The Morgan fingerprint density at radius 1 is 1.26 bits per heavy atom. The molecular formula is C28H33ClFN5O3. The number of carbonyl (C=O) groups excluding carboxylic acids is 2. The highest BCUT2D eigenvalue weighted by atomic mass is 35.5. The monoisotopic (exact) mass is 541 g/mol. The quantitative estimate of drug-likeness (QED) is 0.550. The van der Waals surface area contributed by atoms with Crippen LogP contribution >= 0.6 is 11.6 Å². The van der Waals surface area contributed by atoms with Gasteiger partial charge in [0, 0.05) is 43.3 Å². The van der Waals surface area contributed by atoms with E-state index >= 15 is 0 Å². The third-order valence-corrected chi connectivity index (χ3v) is 8.26. The summed E-state index contributed by atoms with van der Waals surface area (Å²) in [5.41, 5.74) is 0.424. The highest BCUT2D eigenvalue weighted by Crippen LogP contribution is 2.46. The summed E-state index contributed by atoms with van der Waals surface area (Å²) in [6, 6.07) is 6.18. The average molecular weight is 542 g/mol. The van der Waals surface area contributed by atoms with Gasteiger partial charge < -0.3 is 24.3 Å². The number of hydrogen-bond donors (Lipinski definition) is 0. The first-order valence-corrected chi connectivity index (χ1v) is 13.2. The minimum Gasteiger partial charge on any atom is -0.489 e. The first-order valence-electron chi connectivity index (χ1n) is 12.8. The molecular weight excluding hydrogens is 509 g/mol.